The van der Waals surface area contributed by atoms with Crippen LogP contribution in [0.15, 0.2) is 42.5 Å². The molecule has 1 amide bonds. The molecule has 1 atom stereocenters. The summed E-state index contributed by atoms with van der Waals surface area (Å²) in [6.07, 6.45) is 1.04. The van der Waals surface area contributed by atoms with Crippen LogP contribution in [-0.2, 0) is 22.5 Å². The van der Waals surface area contributed by atoms with E-state index in [1.165, 1.54) is 11.1 Å². The zero-order valence-electron chi connectivity index (χ0n) is 18.4. The van der Waals surface area contributed by atoms with Gasteiger partial charge in [-0.15, -0.1) is 0 Å². The number of pyridine rings is 1. The van der Waals surface area contributed by atoms with E-state index in [2.05, 4.69) is 46.5 Å². The molecule has 1 saturated heterocycles. The summed E-state index contributed by atoms with van der Waals surface area (Å²) in [5.74, 6) is 1.67. The second-order valence-corrected chi connectivity index (χ2v) is 8.08. The molecule has 0 N–H and O–H groups in total. The Balaban J connectivity index is 1.42. The summed E-state index contributed by atoms with van der Waals surface area (Å²) in [5, 5.41) is 4.34. The van der Waals surface area contributed by atoms with Crippen LogP contribution in [0.2, 0.25) is 0 Å². The Bertz CT molecular complexity index is 1050. The average molecular weight is 420 g/mol. The number of amides is 1. The van der Waals surface area contributed by atoms with Gasteiger partial charge in [0.05, 0.1) is 25.4 Å². The molecule has 0 spiro atoms. The molecular weight excluding hydrogens is 390 g/mol. The van der Waals surface area contributed by atoms with E-state index in [1.54, 1.807) is 4.68 Å². The molecule has 0 aliphatic carbocycles. The van der Waals surface area contributed by atoms with Gasteiger partial charge in [0.15, 0.2) is 0 Å². The lowest BCUT2D eigenvalue weighted by atomic mass is 10.0. The van der Waals surface area contributed by atoms with E-state index in [9.17, 15) is 4.79 Å². The van der Waals surface area contributed by atoms with Gasteiger partial charge in [-0.05, 0) is 50.5 Å². The Morgan fingerprint density at radius 2 is 1.90 bits per heavy atom. The predicted molar refractivity (Wildman–Crippen MR) is 118 cm³/mol. The first kappa shape index (κ1) is 21.2. The highest BCUT2D eigenvalue weighted by molar-refractivity contribution is 5.76. The van der Waals surface area contributed by atoms with Crippen LogP contribution in [0.25, 0.3) is 0 Å². The largest absolute Gasteiger partial charge is 0.368 e. The van der Waals surface area contributed by atoms with Crippen molar-refractivity contribution in [2.24, 2.45) is 0 Å². The first-order valence-corrected chi connectivity index (χ1v) is 10.8. The van der Waals surface area contributed by atoms with Crippen molar-refractivity contribution in [1.29, 1.82) is 0 Å². The molecule has 0 unspecified atom stereocenters. The Hall–Kier alpha value is -3.06. The van der Waals surface area contributed by atoms with Gasteiger partial charge in [-0.1, -0.05) is 30.3 Å². The van der Waals surface area contributed by atoms with Gasteiger partial charge in [-0.2, -0.15) is 5.10 Å². The van der Waals surface area contributed by atoms with Gasteiger partial charge >= 0.3 is 0 Å². The van der Waals surface area contributed by atoms with Crippen LogP contribution in [0.1, 0.15) is 46.7 Å². The van der Waals surface area contributed by atoms with E-state index in [-0.39, 0.29) is 12.0 Å². The van der Waals surface area contributed by atoms with Crippen molar-refractivity contribution in [3.05, 3.63) is 76.6 Å². The van der Waals surface area contributed by atoms with Crippen LogP contribution in [0.3, 0.4) is 0 Å². The van der Waals surface area contributed by atoms with Gasteiger partial charge in [0.25, 0.3) is 0 Å². The molecule has 1 aromatic carbocycles. The number of carbonyl (C=O) groups is 1. The lowest BCUT2D eigenvalue weighted by molar-refractivity contribution is -0.139. The molecule has 1 aliphatic rings. The molecule has 2 aromatic heterocycles. The summed E-state index contributed by atoms with van der Waals surface area (Å²) >= 11 is 0. The second kappa shape index (κ2) is 9.39. The van der Waals surface area contributed by atoms with Crippen LogP contribution in [0.5, 0.6) is 0 Å². The molecular formula is C24H29N5O2. The zero-order chi connectivity index (χ0) is 21.8. The molecule has 31 heavy (non-hydrogen) atoms. The normalized spacial score (nSPS) is 16.5. The van der Waals surface area contributed by atoms with Crippen LogP contribution < -0.4 is 0 Å². The van der Waals surface area contributed by atoms with Gasteiger partial charge < -0.3 is 9.64 Å². The number of aryl methyl sites for hydroxylation is 4. The summed E-state index contributed by atoms with van der Waals surface area (Å²) in [5.41, 5.74) is 4.33. The first-order chi connectivity index (χ1) is 15.0. The summed E-state index contributed by atoms with van der Waals surface area (Å²) in [4.78, 5) is 23.7. The minimum Gasteiger partial charge on any atom is -0.368 e. The van der Waals surface area contributed by atoms with Crippen LogP contribution in [-0.4, -0.2) is 50.3 Å². The van der Waals surface area contributed by atoms with E-state index in [4.69, 9.17) is 9.72 Å². The minimum absolute atomic E-state index is 0.109. The monoisotopic (exact) mass is 419 g/mol. The third-order valence-corrected chi connectivity index (χ3v) is 5.53. The third kappa shape index (κ3) is 5.35. The highest BCUT2D eigenvalue weighted by Crippen LogP contribution is 2.24. The van der Waals surface area contributed by atoms with Gasteiger partial charge in [-0.3, -0.25) is 9.78 Å². The molecule has 3 heterocycles. The van der Waals surface area contributed by atoms with Crippen molar-refractivity contribution in [2.75, 3.05) is 19.7 Å². The van der Waals surface area contributed by atoms with Crippen molar-refractivity contribution in [1.82, 2.24) is 24.6 Å². The summed E-state index contributed by atoms with van der Waals surface area (Å²) < 4.78 is 7.80. The number of morpholine rings is 1. The van der Waals surface area contributed by atoms with Crippen molar-refractivity contribution in [3.63, 3.8) is 0 Å². The number of carbonyl (C=O) groups excluding carboxylic acids is 1. The molecule has 7 nitrogen and oxygen atoms in total. The standard InChI is InChI=1S/C24H29N5O2/c1-17-13-21(14-20-7-5-4-6-8-20)15-22(25-17)23-16-28(11-12-31-23)24(30)9-10-29-19(3)26-18(2)27-29/h4-8,13,15,23H,9-12,14,16H2,1-3H3/t23-/m1/s1. The smallest absolute Gasteiger partial charge is 0.224 e. The number of rotatable bonds is 6. The fourth-order valence-electron chi connectivity index (χ4n) is 4.05. The maximum atomic E-state index is 12.8. The van der Waals surface area contributed by atoms with Crippen LogP contribution >= 0.6 is 0 Å². The molecule has 7 heteroatoms. The lowest BCUT2D eigenvalue weighted by Crippen LogP contribution is -2.42. The molecule has 0 radical (unpaired) electrons. The topological polar surface area (TPSA) is 73.1 Å². The lowest BCUT2D eigenvalue weighted by Gasteiger charge is -2.33. The molecule has 162 valence electrons. The molecule has 3 aromatic rings. The summed E-state index contributed by atoms with van der Waals surface area (Å²) in [6.45, 7) is 7.96. The number of hydrogen-bond acceptors (Lipinski definition) is 5. The Morgan fingerprint density at radius 3 is 2.65 bits per heavy atom. The van der Waals surface area contributed by atoms with Crippen molar-refractivity contribution >= 4 is 5.91 Å². The Morgan fingerprint density at radius 1 is 1.10 bits per heavy atom. The van der Waals surface area contributed by atoms with Gasteiger partial charge in [0.1, 0.15) is 17.8 Å². The Labute approximate surface area is 183 Å². The highest BCUT2D eigenvalue weighted by atomic mass is 16.5. The van der Waals surface area contributed by atoms with Gasteiger partial charge in [-0.25, -0.2) is 9.67 Å². The van der Waals surface area contributed by atoms with E-state index < -0.39 is 0 Å². The third-order valence-electron chi connectivity index (χ3n) is 5.53. The maximum Gasteiger partial charge on any atom is 0.224 e. The minimum atomic E-state index is -0.206. The number of hydrogen-bond donors (Lipinski definition) is 0. The second-order valence-electron chi connectivity index (χ2n) is 8.08. The highest BCUT2D eigenvalue weighted by Gasteiger charge is 2.26. The number of nitrogens with zero attached hydrogens (tertiary/aromatic N) is 5. The molecule has 4 rings (SSSR count). The van der Waals surface area contributed by atoms with E-state index in [1.807, 2.05) is 31.7 Å². The van der Waals surface area contributed by atoms with Gasteiger partial charge in [0, 0.05) is 18.7 Å². The number of benzene rings is 1. The van der Waals surface area contributed by atoms with Crippen LogP contribution in [0.4, 0.5) is 0 Å². The fourth-order valence-corrected chi connectivity index (χ4v) is 4.05. The van der Waals surface area contributed by atoms with Gasteiger partial charge in [0.2, 0.25) is 5.91 Å². The van der Waals surface area contributed by atoms with E-state index in [0.717, 1.165) is 29.5 Å². The SMILES string of the molecule is Cc1cc(Cc2ccccc2)cc([C@H]2CN(C(=O)CCn3nc(C)nc3C)CCO2)n1. The number of ether oxygens (including phenoxy) is 1. The molecule has 1 fully saturated rings. The first-order valence-electron chi connectivity index (χ1n) is 10.8. The average Bonchev–Trinajstić information content (AvgIpc) is 3.09. The molecule has 0 saturated carbocycles. The fraction of sp³-hybridized carbons (Fsp3) is 0.417. The molecule has 0 bridgehead atoms. The van der Waals surface area contributed by atoms with Crippen LogP contribution in [0, 0.1) is 20.8 Å². The van der Waals surface area contributed by atoms with E-state index in [0.29, 0.717) is 32.7 Å². The quantitative estimate of drug-likeness (QED) is 0.614. The van der Waals surface area contributed by atoms with Crippen molar-refractivity contribution in [2.45, 2.75) is 46.3 Å². The molecule has 1 aliphatic heterocycles. The Kier molecular flexibility index (Phi) is 6.42. The summed E-state index contributed by atoms with van der Waals surface area (Å²) in [6, 6.07) is 14.6. The summed E-state index contributed by atoms with van der Waals surface area (Å²) in [7, 11) is 0. The predicted octanol–water partition coefficient (Wildman–Crippen LogP) is 3.18. The van der Waals surface area contributed by atoms with Crippen molar-refractivity contribution in [3.8, 4) is 0 Å². The zero-order valence-corrected chi connectivity index (χ0v) is 18.4. The van der Waals surface area contributed by atoms with Crippen molar-refractivity contribution < 1.29 is 9.53 Å². The number of aromatic nitrogens is 4. The van der Waals surface area contributed by atoms with E-state index >= 15 is 0 Å². The maximum absolute atomic E-state index is 12.8.